The first kappa shape index (κ1) is 18.7. The van der Waals surface area contributed by atoms with Crippen LogP contribution >= 0.6 is 0 Å². The quantitative estimate of drug-likeness (QED) is 0.656. The van der Waals surface area contributed by atoms with E-state index >= 15 is 0 Å². The number of methoxy groups -OCH3 is 1. The standard InChI is InChI=1S/C23H28N4O/c1-26-21(10-11-25-26)17-27-12-4-6-20(16-27)23-9-8-19(15-24-23)13-18-5-3-7-22(14-18)28-2/h3,5,7-11,14-15,20H,4,6,12-13,16-17H2,1-2H3. The van der Waals surface area contributed by atoms with Crippen molar-refractivity contribution in [3.8, 4) is 5.75 Å². The van der Waals surface area contributed by atoms with Crippen LogP contribution in [0, 0.1) is 0 Å². The maximum Gasteiger partial charge on any atom is 0.119 e. The van der Waals surface area contributed by atoms with E-state index in [-0.39, 0.29) is 0 Å². The average Bonchev–Trinajstić information content (AvgIpc) is 3.13. The van der Waals surface area contributed by atoms with Gasteiger partial charge in [0.2, 0.25) is 0 Å². The number of aryl methyl sites for hydroxylation is 1. The van der Waals surface area contributed by atoms with E-state index in [9.17, 15) is 0 Å². The number of likely N-dealkylation sites (tertiary alicyclic amines) is 1. The molecule has 1 aliphatic heterocycles. The van der Waals surface area contributed by atoms with Gasteiger partial charge in [0, 0.05) is 44.1 Å². The lowest BCUT2D eigenvalue weighted by Gasteiger charge is -2.32. The molecule has 1 fully saturated rings. The molecule has 28 heavy (non-hydrogen) atoms. The van der Waals surface area contributed by atoms with Gasteiger partial charge in [-0.05, 0) is 61.2 Å². The summed E-state index contributed by atoms with van der Waals surface area (Å²) in [6.07, 6.45) is 7.22. The fourth-order valence-corrected chi connectivity index (χ4v) is 4.03. The first-order valence-electron chi connectivity index (χ1n) is 9.98. The van der Waals surface area contributed by atoms with E-state index < -0.39 is 0 Å². The number of nitrogens with zero attached hydrogens (tertiary/aromatic N) is 4. The van der Waals surface area contributed by atoms with Gasteiger partial charge in [0.1, 0.15) is 5.75 Å². The van der Waals surface area contributed by atoms with E-state index in [1.54, 1.807) is 7.11 Å². The van der Waals surface area contributed by atoms with Crippen molar-refractivity contribution in [2.45, 2.75) is 31.7 Å². The topological polar surface area (TPSA) is 43.2 Å². The molecule has 1 aromatic carbocycles. The molecule has 5 nitrogen and oxygen atoms in total. The zero-order chi connectivity index (χ0) is 19.3. The third-order valence-electron chi connectivity index (χ3n) is 5.62. The number of hydrogen-bond acceptors (Lipinski definition) is 4. The summed E-state index contributed by atoms with van der Waals surface area (Å²) in [4.78, 5) is 7.34. The highest BCUT2D eigenvalue weighted by atomic mass is 16.5. The minimum Gasteiger partial charge on any atom is -0.497 e. The Hall–Kier alpha value is -2.66. The van der Waals surface area contributed by atoms with Crippen LogP contribution in [0.1, 0.15) is 41.3 Å². The number of aromatic nitrogens is 3. The molecule has 0 N–H and O–H groups in total. The molecule has 0 radical (unpaired) electrons. The first-order chi connectivity index (χ1) is 13.7. The van der Waals surface area contributed by atoms with Crippen molar-refractivity contribution in [2.24, 2.45) is 7.05 Å². The minimum atomic E-state index is 0.507. The molecule has 1 saturated heterocycles. The summed E-state index contributed by atoms with van der Waals surface area (Å²) >= 11 is 0. The second-order valence-electron chi connectivity index (χ2n) is 7.64. The van der Waals surface area contributed by atoms with Gasteiger partial charge in [-0.1, -0.05) is 18.2 Å². The van der Waals surface area contributed by atoms with E-state index in [1.807, 2.05) is 36.3 Å². The molecule has 1 atom stereocenters. The number of ether oxygens (including phenoxy) is 1. The van der Waals surface area contributed by atoms with Gasteiger partial charge in [0.15, 0.2) is 0 Å². The van der Waals surface area contributed by atoms with Crippen molar-refractivity contribution in [1.82, 2.24) is 19.7 Å². The highest BCUT2D eigenvalue weighted by molar-refractivity contribution is 5.32. The van der Waals surface area contributed by atoms with Gasteiger partial charge < -0.3 is 4.74 Å². The van der Waals surface area contributed by atoms with E-state index in [0.29, 0.717) is 5.92 Å². The second-order valence-corrected chi connectivity index (χ2v) is 7.64. The number of pyridine rings is 1. The van der Waals surface area contributed by atoms with Gasteiger partial charge in [0.05, 0.1) is 12.8 Å². The molecule has 0 aliphatic carbocycles. The largest absolute Gasteiger partial charge is 0.497 e. The van der Waals surface area contributed by atoms with Crippen molar-refractivity contribution in [3.63, 3.8) is 0 Å². The normalized spacial score (nSPS) is 17.6. The SMILES string of the molecule is COc1cccc(Cc2ccc(C3CCCN(Cc4ccnn4C)C3)nc2)c1. The van der Waals surface area contributed by atoms with Crippen LogP contribution in [0.2, 0.25) is 0 Å². The highest BCUT2D eigenvalue weighted by Crippen LogP contribution is 2.27. The monoisotopic (exact) mass is 376 g/mol. The highest BCUT2D eigenvalue weighted by Gasteiger charge is 2.23. The zero-order valence-corrected chi connectivity index (χ0v) is 16.7. The molecule has 0 saturated carbocycles. The van der Waals surface area contributed by atoms with Gasteiger partial charge in [-0.3, -0.25) is 14.6 Å². The lowest BCUT2D eigenvalue weighted by atomic mass is 9.93. The van der Waals surface area contributed by atoms with Crippen molar-refractivity contribution in [3.05, 3.63) is 77.4 Å². The summed E-state index contributed by atoms with van der Waals surface area (Å²) in [6.45, 7) is 3.17. The van der Waals surface area contributed by atoms with E-state index in [2.05, 4.69) is 40.3 Å². The molecule has 5 heteroatoms. The first-order valence-corrected chi connectivity index (χ1v) is 9.98. The minimum absolute atomic E-state index is 0.507. The van der Waals surface area contributed by atoms with Crippen LogP contribution in [-0.4, -0.2) is 39.9 Å². The number of rotatable bonds is 6. The van der Waals surface area contributed by atoms with Gasteiger partial charge in [0.25, 0.3) is 0 Å². The Kier molecular flexibility index (Phi) is 5.72. The van der Waals surface area contributed by atoms with E-state index in [0.717, 1.165) is 31.8 Å². The fraction of sp³-hybridized carbons (Fsp3) is 0.391. The molecule has 1 aliphatic rings. The Bertz CT molecular complexity index is 903. The molecule has 2 aromatic heterocycles. The third kappa shape index (κ3) is 4.42. The molecule has 3 heterocycles. The van der Waals surface area contributed by atoms with Crippen LogP contribution in [0.4, 0.5) is 0 Å². The van der Waals surface area contributed by atoms with Crippen molar-refractivity contribution in [1.29, 1.82) is 0 Å². The lowest BCUT2D eigenvalue weighted by Crippen LogP contribution is -2.34. The Balaban J connectivity index is 1.39. The van der Waals surface area contributed by atoms with Crippen molar-refractivity contribution in [2.75, 3.05) is 20.2 Å². The van der Waals surface area contributed by atoms with Gasteiger partial charge in [-0.15, -0.1) is 0 Å². The van der Waals surface area contributed by atoms with Gasteiger partial charge in [-0.2, -0.15) is 5.10 Å². The van der Waals surface area contributed by atoms with Crippen LogP contribution in [0.3, 0.4) is 0 Å². The Morgan fingerprint density at radius 3 is 2.82 bits per heavy atom. The second kappa shape index (κ2) is 8.57. The molecule has 146 valence electrons. The average molecular weight is 377 g/mol. The van der Waals surface area contributed by atoms with Crippen LogP contribution in [-0.2, 0) is 20.0 Å². The molecule has 0 bridgehead atoms. The molecule has 1 unspecified atom stereocenters. The summed E-state index contributed by atoms with van der Waals surface area (Å²) in [5, 5.41) is 4.28. The Morgan fingerprint density at radius 2 is 2.07 bits per heavy atom. The van der Waals surface area contributed by atoms with E-state index in [1.165, 1.54) is 35.4 Å². The summed E-state index contributed by atoms with van der Waals surface area (Å²) in [6, 6.07) is 14.8. The third-order valence-corrected chi connectivity index (χ3v) is 5.62. The zero-order valence-electron chi connectivity index (χ0n) is 16.7. The molecule has 0 spiro atoms. The van der Waals surface area contributed by atoms with Crippen LogP contribution in [0.15, 0.2) is 54.9 Å². The van der Waals surface area contributed by atoms with Gasteiger partial charge in [-0.25, -0.2) is 0 Å². The Labute approximate surface area is 167 Å². The van der Waals surface area contributed by atoms with Crippen LogP contribution in [0.25, 0.3) is 0 Å². The van der Waals surface area contributed by atoms with Crippen molar-refractivity contribution >= 4 is 0 Å². The smallest absolute Gasteiger partial charge is 0.119 e. The van der Waals surface area contributed by atoms with Crippen LogP contribution in [0.5, 0.6) is 5.75 Å². The molecule has 0 amide bonds. The van der Waals surface area contributed by atoms with E-state index in [4.69, 9.17) is 9.72 Å². The maximum atomic E-state index is 5.32. The number of hydrogen-bond donors (Lipinski definition) is 0. The van der Waals surface area contributed by atoms with Crippen molar-refractivity contribution < 1.29 is 4.74 Å². The summed E-state index contributed by atoms with van der Waals surface area (Å²) in [7, 11) is 3.72. The summed E-state index contributed by atoms with van der Waals surface area (Å²) < 4.78 is 7.29. The molecule has 4 rings (SSSR count). The number of benzene rings is 1. The Morgan fingerprint density at radius 1 is 1.14 bits per heavy atom. The predicted octanol–water partition coefficient (Wildman–Crippen LogP) is 3.79. The van der Waals surface area contributed by atoms with Crippen LogP contribution < -0.4 is 4.74 Å². The fourth-order valence-electron chi connectivity index (χ4n) is 4.03. The predicted molar refractivity (Wildman–Crippen MR) is 110 cm³/mol. The summed E-state index contributed by atoms with van der Waals surface area (Å²) in [5.74, 6) is 1.41. The maximum absolute atomic E-state index is 5.32. The number of piperidine rings is 1. The summed E-state index contributed by atoms with van der Waals surface area (Å²) in [5.41, 5.74) is 4.96. The molecular formula is C23H28N4O. The lowest BCUT2D eigenvalue weighted by molar-refractivity contribution is 0.194. The molecular weight excluding hydrogens is 348 g/mol. The van der Waals surface area contributed by atoms with Gasteiger partial charge >= 0.3 is 0 Å². The molecule has 3 aromatic rings.